The summed E-state index contributed by atoms with van der Waals surface area (Å²) >= 11 is 0. The van der Waals surface area contributed by atoms with Gasteiger partial charge in [0, 0.05) is 6.07 Å². The number of hydrogen-bond donors (Lipinski definition) is 1. The number of carbonyl (C=O) groups excluding carboxylic acids is 1. The molecule has 6 nitrogen and oxygen atoms in total. The van der Waals surface area contributed by atoms with Crippen LogP contribution in [0.15, 0.2) is 47.4 Å². The number of amides is 1. The lowest BCUT2D eigenvalue weighted by Crippen LogP contribution is -2.24. The lowest BCUT2D eigenvalue weighted by Gasteiger charge is -2.13. The molecule has 26 heavy (non-hydrogen) atoms. The van der Waals surface area contributed by atoms with Crippen molar-refractivity contribution in [2.24, 2.45) is 0 Å². The minimum absolute atomic E-state index is 0.0903. The molecule has 0 spiro atoms. The number of hydrogen-bond acceptors (Lipinski definition) is 4. The lowest BCUT2D eigenvalue weighted by molar-refractivity contribution is 0.137. The van der Waals surface area contributed by atoms with Crippen molar-refractivity contribution < 1.29 is 31.3 Å². The van der Waals surface area contributed by atoms with Crippen LogP contribution in [0.4, 0.5) is 19.3 Å². The van der Waals surface area contributed by atoms with Gasteiger partial charge in [-0.2, -0.15) is 8.42 Å². The third kappa shape index (κ3) is 4.17. The summed E-state index contributed by atoms with van der Waals surface area (Å²) in [7, 11) is -4.24. The molecular formula is C17H15F2NO5S. The molecule has 0 bridgehead atoms. The summed E-state index contributed by atoms with van der Waals surface area (Å²) in [6, 6.07) is 8.51. The van der Waals surface area contributed by atoms with E-state index in [1.54, 1.807) is 12.1 Å². The van der Waals surface area contributed by atoms with E-state index in [2.05, 4.69) is 0 Å². The molecule has 1 aliphatic rings. The Labute approximate surface area is 148 Å². The molecule has 0 aliphatic carbocycles. The number of rotatable bonds is 5. The van der Waals surface area contributed by atoms with Gasteiger partial charge in [-0.05, 0) is 42.7 Å². The summed E-state index contributed by atoms with van der Waals surface area (Å²) < 4.78 is 62.8. The second-order valence-electron chi connectivity index (χ2n) is 5.90. The van der Waals surface area contributed by atoms with E-state index in [1.807, 2.05) is 0 Å². The highest BCUT2D eigenvalue weighted by molar-refractivity contribution is 7.85. The number of cyclic esters (lactones) is 1. The van der Waals surface area contributed by atoms with Gasteiger partial charge in [0.25, 0.3) is 10.1 Å². The molecule has 3 rings (SSSR count). The molecule has 0 radical (unpaired) electrons. The van der Waals surface area contributed by atoms with Gasteiger partial charge in [-0.1, -0.05) is 12.1 Å². The summed E-state index contributed by atoms with van der Waals surface area (Å²) in [4.78, 5) is 12.9. The first-order chi connectivity index (χ1) is 12.2. The van der Waals surface area contributed by atoms with Gasteiger partial charge in [0.1, 0.15) is 17.7 Å². The molecule has 2 aromatic carbocycles. The highest BCUT2D eigenvalue weighted by Gasteiger charge is 2.32. The molecule has 1 amide bonds. The molecule has 1 aliphatic heterocycles. The van der Waals surface area contributed by atoms with Crippen LogP contribution >= 0.6 is 0 Å². The molecule has 1 atom stereocenters. The first-order valence-electron chi connectivity index (χ1n) is 7.73. The number of nitrogens with zero attached hydrogens (tertiary/aromatic N) is 1. The largest absolute Gasteiger partial charge is 0.444 e. The molecule has 1 heterocycles. The van der Waals surface area contributed by atoms with Crippen LogP contribution in [0.1, 0.15) is 12.0 Å². The van der Waals surface area contributed by atoms with Gasteiger partial charge in [-0.3, -0.25) is 9.45 Å². The van der Waals surface area contributed by atoms with Gasteiger partial charge < -0.3 is 4.74 Å². The summed E-state index contributed by atoms with van der Waals surface area (Å²) in [6.07, 6.45) is -0.197. The lowest BCUT2D eigenvalue weighted by atomic mass is 10.1. The van der Waals surface area contributed by atoms with E-state index in [1.165, 1.54) is 12.1 Å². The highest BCUT2D eigenvalue weighted by atomic mass is 32.2. The summed E-state index contributed by atoms with van der Waals surface area (Å²) in [6.45, 7) is 0.158. The second-order valence-corrected chi connectivity index (χ2v) is 7.32. The predicted octanol–water partition coefficient (Wildman–Crippen LogP) is 3.17. The number of halogens is 2. The maximum absolute atomic E-state index is 13.3. The van der Waals surface area contributed by atoms with E-state index < -0.39 is 33.9 Å². The van der Waals surface area contributed by atoms with Crippen LogP contribution in [0, 0.1) is 11.6 Å². The molecule has 1 saturated heterocycles. The van der Waals surface area contributed by atoms with E-state index in [9.17, 15) is 22.0 Å². The first-order valence-corrected chi connectivity index (χ1v) is 9.17. The number of ether oxygens (including phenoxy) is 1. The normalized spacial score (nSPS) is 17.4. The van der Waals surface area contributed by atoms with Gasteiger partial charge >= 0.3 is 6.09 Å². The maximum atomic E-state index is 13.3. The zero-order chi connectivity index (χ0) is 18.9. The molecule has 1 N–H and O–H groups in total. The smallest absolute Gasteiger partial charge is 0.414 e. The van der Waals surface area contributed by atoms with Gasteiger partial charge in [-0.15, -0.1) is 0 Å². The van der Waals surface area contributed by atoms with Crippen molar-refractivity contribution in [1.82, 2.24) is 0 Å². The van der Waals surface area contributed by atoms with Crippen LogP contribution in [0.2, 0.25) is 0 Å². The van der Waals surface area contributed by atoms with Crippen molar-refractivity contribution in [3.63, 3.8) is 0 Å². The van der Waals surface area contributed by atoms with Crippen LogP contribution in [0.25, 0.3) is 0 Å². The average Bonchev–Trinajstić information content (AvgIpc) is 2.92. The zero-order valence-corrected chi connectivity index (χ0v) is 14.2. The number of carbonyl (C=O) groups is 1. The van der Waals surface area contributed by atoms with Crippen molar-refractivity contribution in [3.8, 4) is 0 Å². The van der Waals surface area contributed by atoms with Gasteiger partial charge in [0.2, 0.25) is 0 Å². The summed E-state index contributed by atoms with van der Waals surface area (Å²) in [5.41, 5.74) is 0.885. The SMILES string of the molecule is O=C1O[C@H](CCc2ccc(S(=O)(=O)O)cc2)CN1c1cc(F)cc(F)c1. The number of benzene rings is 2. The van der Waals surface area contributed by atoms with E-state index >= 15 is 0 Å². The molecule has 1 fully saturated rings. The predicted molar refractivity (Wildman–Crippen MR) is 88.6 cm³/mol. The Morgan fingerprint density at radius 3 is 2.31 bits per heavy atom. The standard InChI is InChI=1S/C17H15F2NO5S/c18-12-7-13(19)9-14(8-12)20-10-15(25-17(20)21)4-1-11-2-5-16(6-3-11)26(22,23)24/h2-3,5-9,15H,1,4,10H2,(H,22,23,24)/t15-/m1/s1. The topological polar surface area (TPSA) is 83.9 Å². The third-order valence-electron chi connectivity index (χ3n) is 4.01. The van der Waals surface area contributed by atoms with Crippen molar-refractivity contribution in [2.45, 2.75) is 23.8 Å². The Hall–Kier alpha value is -2.52. The Morgan fingerprint density at radius 2 is 1.73 bits per heavy atom. The molecule has 2 aromatic rings. The highest BCUT2D eigenvalue weighted by Crippen LogP contribution is 2.25. The fourth-order valence-electron chi connectivity index (χ4n) is 2.73. The summed E-state index contributed by atoms with van der Waals surface area (Å²) in [5, 5.41) is 0. The summed E-state index contributed by atoms with van der Waals surface area (Å²) in [5.74, 6) is -1.56. The van der Waals surface area contributed by atoms with E-state index in [4.69, 9.17) is 9.29 Å². The van der Waals surface area contributed by atoms with Crippen molar-refractivity contribution in [2.75, 3.05) is 11.4 Å². The number of aryl methyl sites for hydroxylation is 1. The Kier molecular flexibility index (Phi) is 4.92. The Balaban J connectivity index is 1.63. The molecule has 9 heteroatoms. The van der Waals surface area contributed by atoms with Crippen LogP contribution in [-0.4, -0.2) is 31.7 Å². The van der Waals surface area contributed by atoms with Crippen LogP contribution < -0.4 is 4.90 Å². The minimum Gasteiger partial charge on any atom is -0.444 e. The maximum Gasteiger partial charge on any atom is 0.414 e. The molecular weight excluding hydrogens is 368 g/mol. The van der Waals surface area contributed by atoms with Gasteiger partial charge in [0.15, 0.2) is 0 Å². The fourth-order valence-corrected chi connectivity index (χ4v) is 3.21. The Bertz CT molecular complexity index is 910. The molecule has 0 saturated carbocycles. The quantitative estimate of drug-likeness (QED) is 0.802. The van der Waals surface area contributed by atoms with Gasteiger partial charge in [0.05, 0.1) is 17.1 Å². The third-order valence-corrected chi connectivity index (χ3v) is 4.88. The van der Waals surface area contributed by atoms with E-state index in [0.29, 0.717) is 12.8 Å². The van der Waals surface area contributed by atoms with Crippen LogP contribution in [0.5, 0.6) is 0 Å². The zero-order valence-electron chi connectivity index (χ0n) is 13.4. The average molecular weight is 383 g/mol. The van der Waals surface area contributed by atoms with Crippen molar-refractivity contribution in [1.29, 1.82) is 0 Å². The van der Waals surface area contributed by atoms with Gasteiger partial charge in [-0.25, -0.2) is 13.6 Å². The van der Waals surface area contributed by atoms with Crippen LogP contribution in [-0.2, 0) is 21.3 Å². The van der Waals surface area contributed by atoms with E-state index in [0.717, 1.165) is 28.7 Å². The molecule has 138 valence electrons. The fraction of sp³-hybridized carbons (Fsp3) is 0.235. The second kappa shape index (κ2) is 7.00. The van der Waals surface area contributed by atoms with Crippen molar-refractivity contribution >= 4 is 21.9 Å². The van der Waals surface area contributed by atoms with Crippen molar-refractivity contribution in [3.05, 3.63) is 59.7 Å². The minimum atomic E-state index is -4.24. The Morgan fingerprint density at radius 1 is 1.12 bits per heavy atom. The molecule has 0 unspecified atom stereocenters. The van der Waals surface area contributed by atoms with E-state index in [-0.39, 0.29) is 17.1 Å². The monoisotopic (exact) mass is 383 g/mol. The first kappa shape index (κ1) is 18.3. The van der Waals surface area contributed by atoms with Crippen LogP contribution in [0.3, 0.4) is 0 Å². The molecule has 0 aromatic heterocycles. The number of anilines is 1.